The standard InChI is InChI=1S/C16H18ClN3O2S/c1-10(12-2-4-13(17)5-3-12)14-9-23-15(18-14)19-16(22)20-6-11(7-20)8-21/h2-5,9-11,21H,6-8H2,1H3,(H,18,19,22)/t10-/m0/s1. The van der Waals surface area contributed by atoms with Crippen molar-refractivity contribution < 1.29 is 9.90 Å². The number of anilines is 1. The summed E-state index contributed by atoms with van der Waals surface area (Å²) in [6, 6.07) is 7.54. The van der Waals surface area contributed by atoms with Crippen molar-refractivity contribution in [3.8, 4) is 0 Å². The van der Waals surface area contributed by atoms with Crippen LogP contribution in [0, 0.1) is 5.92 Å². The molecule has 23 heavy (non-hydrogen) atoms. The number of amides is 2. The lowest BCUT2D eigenvalue weighted by molar-refractivity contribution is 0.0838. The molecule has 2 N–H and O–H groups in total. The first-order valence-corrected chi connectivity index (χ1v) is 8.70. The summed E-state index contributed by atoms with van der Waals surface area (Å²) < 4.78 is 0. The molecule has 2 amide bonds. The second kappa shape index (κ2) is 6.86. The number of nitrogens with one attached hydrogen (secondary N) is 1. The van der Waals surface area contributed by atoms with Gasteiger partial charge in [0.25, 0.3) is 0 Å². The Labute approximate surface area is 143 Å². The molecule has 0 spiro atoms. The van der Waals surface area contributed by atoms with Gasteiger partial charge in [-0.05, 0) is 17.7 Å². The first kappa shape index (κ1) is 16.2. The molecule has 3 rings (SSSR count). The number of benzene rings is 1. The highest BCUT2D eigenvalue weighted by Gasteiger charge is 2.30. The van der Waals surface area contributed by atoms with E-state index in [9.17, 15) is 4.79 Å². The number of carbonyl (C=O) groups is 1. The number of aliphatic hydroxyl groups excluding tert-OH is 1. The zero-order valence-corrected chi connectivity index (χ0v) is 14.3. The Balaban J connectivity index is 1.61. The first-order valence-electron chi connectivity index (χ1n) is 7.44. The number of thiazole rings is 1. The SMILES string of the molecule is C[C@@H](c1ccc(Cl)cc1)c1csc(NC(=O)N2CC(CO)C2)n1. The van der Waals surface area contributed by atoms with Gasteiger partial charge in [-0.1, -0.05) is 30.7 Å². The van der Waals surface area contributed by atoms with Crippen molar-refractivity contribution >= 4 is 34.1 Å². The molecular formula is C16H18ClN3O2S. The van der Waals surface area contributed by atoms with Crippen LogP contribution < -0.4 is 5.32 Å². The second-order valence-electron chi connectivity index (χ2n) is 5.73. The normalized spacial score (nSPS) is 16.0. The lowest BCUT2D eigenvalue weighted by Gasteiger charge is -2.37. The fraction of sp³-hybridized carbons (Fsp3) is 0.375. The van der Waals surface area contributed by atoms with Crippen LogP contribution in [0.1, 0.15) is 24.1 Å². The van der Waals surface area contributed by atoms with Crippen LogP contribution in [0.5, 0.6) is 0 Å². The van der Waals surface area contributed by atoms with Gasteiger partial charge < -0.3 is 10.0 Å². The Morgan fingerprint density at radius 1 is 1.48 bits per heavy atom. The molecule has 2 aromatic rings. The molecule has 0 radical (unpaired) electrons. The third-order valence-electron chi connectivity index (χ3n) is 4.05. The summed E-state index contributed by atoms with van der Waals surface area (Å²) in [5, 5.41) is 15.1. The number of aromatic nitrogens is 1. The molecule has 1 aliphatic heterocycles. The molecule has 122 valence electrons. The molecule has 2 heterocycles. The van der Waals surface area contributed by atoms with Gasteiger partial charge in [-0.15, -0.1) is 11.3 Å². The Kier molecular flexibility index (Phi) is 4.84. The van der Waals surface area contributed by atoms with Crippen LogP contribution in [0.3, 0.4) is 0 Å². The maximum Gasteiger partial charge on any atom is 0.323 e. The van der Waals surface area contributed by atoms with Crippen LogP contribution in [0.4, 0.5) is 9.93 Å². The van der Waals surface area contributed by atoms with E-state index in [1.54, 1.807) is 4.90 Å². The third kappa shape index (κ3) is 3.65. The van der Waals surface area contributed by atoms with Gasteiger partial charge in [0.15, 0.2) is 5.13 Å². The molecule has 1 aromatic carbocycles. The van der Waals surface area contributed by atoms with Crippen molar-refractivity contribution in [3.63, 3.8) is 0 Å². The van der Waals surface area contributed by atoms with Gasteiger partial charge in [-0.3, -0.25) is 5.32 Å². The highest BCUT2D eigenvalue weighted by Crippen LogP contribution is 2.28. The van der Waals surface area contributed by atoms with Crippen molar-refractivity contribution in [2.24, 2.45) is 5.92 Å². The van der Waals surface area contributed by atoms with E-state index in [0.717, 1.165) is 11.3 Å². The molecule has 0 saturated carbocycles. The molecule has 0 bridgehead atoms. The van der Waals surface area contributed by atoms with Gasteiger partial charge >= 0.3 is 6.03 Å². The molecule has 1 saturated heterocycles. The zero-order chi connectivity index (χ0) is 16.4. The highest BCUT2D eigenvalue weighted by molar-refractivity contribution is 7.13. The number of hydrogen-bond donors (Lipinski definition) is 2. The minimum Gasteiger partial charge on any atom is -0.396 e. The lowest BCUT2D eigenvalue weighted by Crippen LogP contribution is -2.52. The number of hydrogen-bond acceptors (Lipinski definition) is 4. The quantitative estimate of drug-likeness (QED) is 0.887. The van der Waals surface area contributed by atoms with E-state index < -0.39 is 0 Å². The highest BCUT2D eigenvalue weighted by atomic mass is 35.5. The second-order valence-corrected chi connectivity index (χ2v) is 7.03. The summed E-state index contributed by atoms with van der Waals surface area (Å²) in [7, 11) is 0. The van der Waals surface area contributed by atoms with E-state index in [1.165, 1.54) is 11.3 Å². The number of likely N-dealkylation sites (tertiary alicyclic amines) is 1. The van der Waals surface area contributed by atoms with Crippen LogP contribution in [-0.2, 0) is 0 Å². The fourth-order valence-electron chi connectivity index (χ4n) is 2.49. The molecule has 0 aliphatic carbocycles. The van der Waals surface area contributed by atoms with Crippen molar-refractivity contribution in [3.05, 3.63) is 45.9 Å². The number of aliphatic hydroxyl groups is 1. The Hall–Kier alpha value is -1.63. The fourth-order valence-corrected chi connectivity index (χ4v) is 3.41. The van der Waals surface area contributed by atoms with Crippen LogP contribution >= 0.6 is 22.9 Å². The monoisotopic (exact) mass is 351 g/mol. The van der Waals surface area contributed by atoms with Crippen LogP contribution in [0.15, 0.2) is 29.6 Å². The van der Waals surface area contributed by atoms with Gasteiger partial charge in [0, 0.05) is 41.9 Å². The molecule has 1 fully saturated rings. The maximum absolute atomic E-state index is 12.0. The van der Waals surface area contributed by atoms with E-state index in [2.05, 4.69) is 17.2 Å². The minimum absolute atomic E-state index is 0.129. The summed E-state index contributed by atoms with van der Waals surface area (Å²) in [5.41, 5.74) is 2.05. The van der Waals surface area contributed by atoms with Crippen molar-refractivity contribution in [1.82, 2.24) is 9.88 Å². The van der Waals surface area contributed by atoms with Gasteiger partial charge in [0.05, 0.1) is 5.69 Å². The molecule has 1 atom stereocenters. The Morgan fingerprint density at radius 3 is 2.83 bits per heavy atom. The summed E-state index contributed by atoms with van der Waals surface area (Å²) in [4.78, 5) is 18.2. The topological polar surface area (TPSA) is 65.5 Å². The average molecular weight is 352 g/mol. The predicted molar refractivity (Wildman–Crippen MR) is 92.3 cm³/mol. The summed E-state index contributed by atoms with van der Waals surface area (Å²) in [5.74, 6) is 0.342. The average Bonchev–Trinajstić information content (AvgIpc) is 2.94. The third-order valence-corrected chi connectivity index (χ3v) is 5.08. The summed E-state index contributed by atoms with van der Waals surface area (Å²) in [6.07, 6.45) is 0. The summed E-state index contributed by atoms with van der Waals surface area (Å²) in [6.45, 7) is 3.40. The maximum atomic E-state index is 12.0. The van der Waals surface area contributed by atoms with Crippen LogP contribution in [0.2, 0.25) is 5.02 Å². The molecular weight excluding hydrogens is 334 g/mol. The zero-order valence-electron chi connectivity index (χ0n) is 12.7. The van der Waals surface area contributed by atoms with Crippen molar-refractivity contribution in [2.45, 2.75) is 12.8 Å². The molecule has 7 heteroatoms. The van der Waals surface area contributed by atoms with E-state index in [4.69, 9.17) is 16.7 Å². The van der Waals surface area contributed by atoms with E-state index in [-0.39, 0.29) is 24.5 Å². The van der Waals surface area contributed by atoms with E-state index in [1.807, 2.05) is 29.6 Å². The van der Waals surface area contributed by atoms with Crippen LogP contribution in [-0.4, -0.2) is 40.7 Å². The Morgan fingerprint density at radius 2 is 2.17 bits per heavy atom. The molecule has 5 nitrogen and oxygen atoms in total. The number of halogens is 1. The number of urea groups is 1. The minimum atomic E-state index is -0.158. The molecule has 1 aromatic heterocycles. The summed E-state index contributed by atoms with van der Waals surface area (Å²) >= 11 is 7.33. The lowest BCUT2D eigenvalue weighted by atomic mass is 9.99. The number of nitrogens with zero attached hydrogens (tertiary/aromatic N) is 2. The smallest absolute Gasteiger partial charge is 0.323 e. The Bertz CT molecular complexity index is 683. The van der Waals surface area contributed by atoms with E-state index in [0.29, 0.717) is 23.2 Å². The number of rotatable bonds is 4. The molecule has 0 unspecified atom stereocenters. The van der Waals surface area contributed by atoms with Crippen molar-refractivity contribution in [2.75, 3.05) is 25.0 Å². The number of carbonyl (C=O) groups excluding carboxylic acids is 1. The van der Waals surface area contributed by atoms with E-state index >= 15 is 0 Å². The van der Waals surface area contributed by atoms with Gasteiger partial charge in [0.1, 0.15) is 0 Å². The van der Waals surface area contributed by atoms with Gasteiger partial charge in [0.2, 0.25) is 0 Å². The van der Waals surface area contributed by atoms with Gasteiger partial charge in [-0.25, -0.2) is 9.78 Å². The molecule has 1 aliphatic rings. The van der Waals surface area contributed by atoms with Crippen LogP contribution in [0.25, 0.3) is 0 Å². The predicted octanol–water partition coefficient (Wildman–Crippen LogP) is 3.40. The van der Waals surface area contributed by atoms with Crippen molar-refractivity contribution in [1.29, 1.82) is 0 Å². The largest absolute Gasteiger partial charge is 0.396 e. The first-order chi connectivity index (χ1) is 11.1. The van der Waals surface area contributed by atoms with Gasteiger partial charge in [-0.2, -0.15) is 0 Å².